The number of allylic oxidation sites excluding steroid dienone is 20. The average molecular weight is 941 g/mol. The van der Waals surface area contributed by atoms with Crippen LogP contribution in [0.25, 0.3) is 0 Å². The van der Waals surface area contributed by atoms with Crippen LogP contribution in [-0.2, 0) is 28.6 Å². The zero-order valence-corrected chi connectivity index (χ0v) is 43.8. The molecule has 1 unspecified atom stereocenters. The van der Waals surface area contributed by atoms with Gasteiger partial charge in [0.1, 0.15) is 13.2 Å². The van der Waals surface area contributed by atoms with Crippen LogP contribution in [0.15, 0.2) is 122 Å². The van der Waals surface area contributed by atoms with Gasteiger partial charge < -0.3 is 14.2 Å². The Labute approximate surface area is 418 Å². The SMILES string of the molecule is CC/C=C\C/C=C\C/C=C\CCCCCCCCC(=O)OC(COC(=O)CCCCC/C=C\C=C/CCCCCCCCC)COC(=O)CCCCCCC\C=C/C=C\C=C/C=C\C=C/CCC. The minimum Gasteiger partial charge on any atom is -0.462 e. The van der Waals surface area contributed by atoms with Crippen molar-refractivity contribution in [1.82, 2.24) is 0 Å². The van der Waals surface area contributed by atoms with Gasteiger partial charge in [0, 0.05) is 19.3 Å². The number of rotatable bonds is 48. The van der Waals surface area contributed by atoms with Crippen molar-refractivity contribution in [2.75, 3.05) is 13.2 Å². The summed E-state index contributed by atoms with van der Waals surface area (Å²) >= 11 is 0. The predicted molar refractivity (Wildman–Crippen MR) is 293 cm³/mol. The van der Waals surface area contributed by atoms with Crippen LogP contribution in [0.1, 0.15) is 233 Å². The first-order valence-electron chi connectivity index (χ1n) is 27.6. The highest BCUT2D eigenvalue weighted by molar-refractivity contribution is 5.71. The lowest BCUT2D eigenvalue weighted by Gasteiger charge is -2.18. The molecule has 6 heteroatoms. The van der Waals surface area contributed by atoms with Crippen molar-refractivity contribution in [2.24, 2.45) is 0 Å². The third kappa shape index (κ3) is 52.8. The summed E-state index contributed by atoms with van der Waals surface area (Å²) in [7, 11) is 0. The molecule has 0 N–H and O–H groups in total. The van der Waals surface area contributed by atoms with Gasteiger partial charge in [0.2, 0.25) is 0 Å². The lowest BCUT2D eigenvalue weighted by Crippen LogP contribution is -2.30. The molecule has 0 aromatic carbocycles. The van der Waals surface area contributed by atoms with E-state index in [0.717, 1.165) is 128 Å². The third-order valence-corrected chi connectivity index (χ3v) is 11.3. The Morgan fingerprint density at radius 2 is 0.662 bits per heavy atom. The number of unbranched alkanes of at least 4 members (excludes halogenated alkanes) is 22. The molecule has 0 fully saturated rings. The zero-order chi connectivity index (χ0) is 49.3. The second-order valence-corrected chi connectivity index (χ2v) is 17.9. The van der Waals surface area contributed by atoms with Gasteiger partial charge in [-0.2, -0.15) is 0 Å². The molecule has 384 valence electrons. The standard InChI is InChI=1S/C62H100O6/c1-4-7-10-13-16-19-22-25-28-31-32-35-37-40-43-46-49-52-55-61(64)67-58-59(68-62(65)56-53-50-47-44-41-38-34-30-27-24-21-18-15-12-9-6-3)57-66-60(63)54-51-48-45-42-39-36-33-29-26-23-20-17-14-11-8-5-2/h9-10,12-13,16,18-19,21-22,25,27-33,35-36,39,59H,4-8,11,14-15,17,20,23-24,26,34,37-38,40-58H2,1-3H3/b12-9-,13-10-,19-16-,21-18-,25-22-,30-27-,31-28-,33-29-,35-32-,39-36-. The average Bonchev–Trinajstić information content (AvgIpc) is 3.34. The molecule has 0 saturated carbocycles. The molecule has 1 atom stereocenters. The molecule has 0 amide bonds. The van der Waals surface area contributed by atoms with Crippen molar-refractivity contribution in [3.63, 3.8) is 0 Å². The minimum absolute atomic E-state index is 0.109. The fraction of sp³-hybridized carbons (Fsp3) is 0.629. The Kier molecular flexibility index (Phi) is 52.0. The Hall–Kier alpha value is -4.19. The van der Waals surface area contributed by atoms with Gasteiger partial charge in [-0.25, -0.2) is 0 Å². The van der Waals surface area contributed by atoms with E-state index in [9.17, 15) is 14.4 Å². The molecule has 0 aliphatic carbocycles. The van der Waals surface area contributed by atoms with Gasteiger partial charge in [0.15, 0.2) is 6.10 Å². The maximum Gasteiger partial charge on any atom is 0.306 e. The number of hydrogen-bond acceptors (Lipinski definition) is 6. The largest absolute Gasteiger partial charge is 0.462 e. The molecule has 0 bridgehead atoms. The summed E-state index contributed by atoms with van der Waals surface area (Å²) in [5.41, 5.74) is 0. The van der Waals surface area contributed by atoms with E-state index in [1.165, 1.54) is 64.2 Å². The Bertz CT molecular complexity index is 1450. The summed E-state index contributed by atoms with van der Waals surface area (Å²) in [5.74, 6) is -0.974. The van der Waals surface area contributed by atoms with Gasteiger partial charge in [-0.15, -0.1) is 0 Å². The fourth-order valence-electron chi connectivity index (χ4n) is 7.18. The topological polar surface area (TPSA) is 78.9 Å². The van der Waals surface area contributed by atoms with Gasteiger partial charge in [-0.3, -0.25) is 14.4 Å². The summed E-state index contributed by atoms with van der Waals surface area (Å²) < 4.78 is 16.8. The number of esters is 3. The molecule has 0 saturated heterocycles. The van der Waals surface area contributed by atoms with Crippen LogP contribution < -0.4 is 0 Å². The van der Waals surface area contributed by atoms with Crippen LogP contribution >= 0.6 is 0 Å². The van der Waals surface area contributed by atoms with Crippen LogP contribution in [0.4, 0.5) is 0 Å². The molecular formula is C62H100O6. The predicted octanol–water partition coefficient (Wildman–Crippen LogP) is 18.5. The van der Waals surface area contributed by atoms with Crippen LogP contribution in [0.2, 0.25) is 0 Å². The molecule has 6 nitrogen and oxygen atoms in total. The first-order valence-corrected chi connectivity index (χ1v) is 27.6. The summed E-state index contributed by atoms with van der Waals surface area (Å²) in [4.78, 5) is 38.1. The van der Waals surface area contributed by atoms with E-state index in [1.807, 2.05) is 24.3 Å². The summed E-state index contributed by atoms with van der Waals surface area (Å²) in [6, 6.07) is 0. The lowest BCUT2D eigenvalue weighted by atomic mass is 10.1. The first kappa shape index (κ1) is 63.8. The maximum atomic E-state index is 12.8. The Morgan fingerprint density at radius 1 is 0.324 bits per heavy atom. The first-order chi connectivity index (χ1) is 33.5. The zero-order valence-electron chi connectivity index (χ0n) is 43.8. The Morgan fingerprint density at radius 3 is 1.12 bits per heavy atom. The molecule has 0 radical (unpaired) electrons. The van der Waals surface area contributed by atoms with Crippen LogP contribution in [0.5, 0.6) is 0 Å². The number of carbonyl (C=O) groups excluding carboxylic acids is 3. The quantitative estimate of drug-likeness (QED) is 0.0199. The van der Waals surface area contributed by atoms with Crippen LogP contribution in [0, 0.1) is 0 Å². The molecule has 0 rings (SSSR count). The van der Waals surface area contributed by atoms with E-state index in [0.29, 0.717) is 19.3 Å². The second kappa shape index (κ2) is 55.4. The molecule has 0 aliphatic heterocycles. The van der Waals surface area contributed by atoms with Crippen molar-refractivity contribution >= 4 is 17.9 Å². The highest BCUT2D eigenvalue weighted by Crippen LogP contribution is 2.13. The summed E-state index contributed by atoms with van der Waals surface area (Å²) in [6.45, 7) is 6.37. The van der Waals surface area contributed by atoms with E-state index in [2.05, 4.69) is 118 Å². The summed E-state index contributed by atoms with van der Waals surface area (Å²) in [5, 5.41) is 0. The maximum absolute atomic E-state index is 12.8. The third-order valence-electron chi connectivity index (χ3n) is 11.3. The molecule has 0 heterocycles. The molecule has 0 aromatic rings. The van der Waals surface area contributed by atoms with Crippen LogP contribution in [-0.4, -0.2) is 37.2 Å². The molecule has 0 spiro atoms. The minimum atomic E-state index is -0.811. The van der Waals surface area contributed by atoms with Crippen molar-refractivity contribution in [3.05, 3.63) is 122 Å². The van der Waals surface area contributed by atoms with Crippen molar-refractivity contribution < 1.29 is 28.6 Å². The van der Waals surface area contributed by atoms with Crippen molar-refractivity contribution in [3.8, 4) is 0 Å². The van der Waals surface area contributed by atoms with Crippen molar-refractivity contribution in [1.29, 1.82) is 0 Å². The van der Waals surface area contributed by atoms with Gasteiger partial charge in [-0.05, 0) is 96.3 Å². The molecule has 68 heavy (non-hydrogen) atoms. The lowest BCUT2D eigenvalue weighted by molar-refractivity contribution is -0.167. The van der Waals surface area contributed by atoms with E-state index in [4.69, 9.17) is 14.2 Å². The highest BCUT2D eigenvalue weighted by atomic mass is 16.6. The number of hydrogen-bond donors (Lipinski definition) is 0. The molecular weight excluding hydrogens is 841 g/mol. The van der Waals surface area contributed by atoms with Crippen molar-refractivity contribution in [2.45, 2.75) is 239 Å². The second-order valence-electron chi connectivity index (χ2n) is 17.9. The van der Waals surface area contributed by atoms with E-state index in [-0.39, 0.29) is 31.1 Å². The fourth-order valence-corrected chi connectivity index (χ4v) is 7.18. The van der Waals surface area contributed by atoms with Crippen LogP contribution in [0.3, 0.4) is 0 Å². The molecule has 0 aliphatic rings. The van der Waals surface area contributed by atoms with E-state index < -0.39 is 6.10 Å². The highest BCUT2D eigenvalue weighted by Gasteiger charge is 2.19. The van der Waals surface area contributed by atoms with Gasteiger partial charge >= 0.3 is 17.9 Å². The number of ether oxygens (including phenoxy) is 3. The summed E-state index contributed by atoms with van der Waals surface area (Å²) in [6.07, 6.45) is 76.0. The van der Waals surface area contributed by atoms with Gasteiger partial charge in [-0.1, -0.05) is 239 Å². The smallest absolute Gasteiger partial charge is 0.306 e. The monoisotopic (exact) mass is 941 g/mol. The van der Waals surface area contributed by atoms with Gasteiger partial charge in [0.25, 0.3) is 0 Å². The molecule has 0 aromatic heterocycles. The number of carbonyl (C=O) groups is 3. The van der Waals surface area contributed by atoms with E-state index in [1.54, 1.807) is 0 Å². The van der Waals surface area contributed by atoms with Gasteiger partial charge in [0.05, 0.1) is 0 Å². The Balaban J connectivity index is 4.53. The normalized spacial score (nSPS) is 13.0. The van der Waals surface area contributed by atoms with E-state index >= 15 is 0 Å².